The first-order chi connectivity index (χ1) is 7.90. The predicted octanol–water partition coefficient (Wildman–Crippen LogP) is 4.39. The van der Waals surface area contributed by atoms with Gasteiger partial charge in [0.25, 0.3) is 0 Å². The van der Waals surface area contributed by atoms with Crippen LogP contribution in [-0.4, -0.2) is 0 Å². The maximum Gasteiger partial charge on any atom is 0.0201 e. The Bertz CT molecular complexity index is 444. The van der Waals surface area contributed by atoms with E-state index in [2.05, 4.69) is 73.7 Å². The molecule has 0 saturated heterocycles. The van der Waals surface area contributed by atoms with Crippen LogP contribution in [0.3, 0.4) is 0 Å². The highest BCUT2D eigenvalue weighted by molar-refractivity contribution is 5.52. The molecular weight excluding hydrogens is 192 g/mol. The molecule has 2 rings (SSSR count). The minimum atomic E-state index is 0.412. The second-order valence-corrected chi connectivity index (χ2v) is 3.83. The average Bonchev–Trinajstić information content (AvgIpc) is 2.38. The molecule has 1 aromatic rings. The van der Waals surface area contributed by atoms with Crippen molar-refractivity contribution in [3.05, 3.63) is 77.9 Å². The summed E-state index contributed by atoms with van der Waals surface area (Å²) >= 11 is 0. The zero-order valence-corrected chi connectivity index (χ0v) is 9.51. The van der Waals surface area contributed by atoms with Crippen molar-refractivity contribution in [3.8, 4) is 0 Å². The summed E-state index contributed by atoms with van der Waals surface area (Å²) in [6.07, 6.45) is 15.2. The fraction of sp³-hybridized carbons (Fsp3) is 0.125. The molecule has 0 bridgehead atoms. The van der Waals surface area contributed by atoms with Gasteiger partial charge in [-0.3, -0.25) is 0 Å². The van der Waals surface area contributed by atoms with Gasteiger partial charge in [0.15, 0.2) is 0 Å². The summed E-state index contributed by atoms with van der Waals surface area (Å²) in [4.78, 5) is 0. The van der Waals surface area contributed by atoms with Crippen molar-refractivity contribution in [3.63, 3.8) is 0 Å². The van der Waals surface area contributed by atoms with Crippen LogP contribution in [0.5, 0.6) is 0 Å². The molecule has 0 heterocycles. The van der Waals surface area contributed by atoms with Crippen LogP contribution in [0.15, 0.2) is 72.4 Å². The Morgan fingerprint density at radius 3 is 2.62 bits per heavy atom. The number of allylic oxidation sites excluding steroid dienone is 7. The maximum atomic E-state index is 2.24. The van der Waals surface area contributed by atoms with E-state index in [1.807, 2.05) is 6.07 Å². The zero-order chi connectivity index (χ0) is 11.2. The van der Waals surface area contributed by atoms with Crippen LogP contribution in [0, 0.1) is 5.92 Å². The molecule has 80 valence electrons. The molecule has 1 atom stereocenters. The van der Waals surface area contributed by atoms with Crippen LogP contribution in [0.4, 0.5) is 0 Å². The second kappa shape index (κ2) is 5.32. The topological polar surface area (TPSA) is 0 Å². The van der Waals surface area contributed by atoms with Crippen molar-refractivity contribution in [1.29, 1.82) is 0 Å². The van der Waals surface area contributed by atoms with E-state index >= 15 is 0 Å². The van der Waals surface area contributed by atoms with Gasteiger partial charge in [-0.05, 0) is 18.1 Å². The van der Waals surface area contributed by atoms with E-state index < -0.39 is 0 Å². The molecule has 0 amide bonds. The number of hydrogen-bond donors (Lipinski definition) is 0. The molecule has 0 N–H and O–H groups in total. The molecule has 0 nitrogen and oxygen atoms in total. The summed E-state index contributed by atoms with van der Waals surface area (Å²) < 4.78 is 0. The van der Waals surface area contributed by atoms with Crippen molar-refractivity contribution in [2.45, 2.75) is 6.92 Å². The Hall–Kier alpha value is -1.82. The lowest BCUT2D eigenvalue weighted by atomic mass is 9.93. The predicted molar refractivity (Wildman–Crippen MR) is 71.0 cm³/mol. The highest BCUT2D eigenvalue weighted by Crippen LogP contribution is 2.20. The van der Waals surface area contributed by atoms with Crippen LogP contribution in [-0.2, 0) is 0 Å². The van der Waals surface area contributed by atoms with E-state index in [-0.39, 0.29) is 0 Å². The van der Waals surface area contributed by atoms with Gasteiger partial charge in [0, 0.05) is 5.92 Å². The molecule has 16 heavy (non-hydrogen) atoms. The molecular formula is C16H16. The van der Waals surface area contributed by atoms with E-state index in [9.17, 15) is 0 Å². The van der Waals surface area contributed by atoms with Gasteiger partial charge in [-0.25, -0.2) is 0 Å². The summed E-state index contributed by atoms with van der Waals surface area (Å²) in [7, 11) is 0. The first-order valence-corrected chi connectivity index (χ1v) is 5.64. The van der Waals surface area contributed by atoms with Crippen LogP contribution in [0.1, 0.15) is 12.5 Å². The number of hydrogen-bond acceptors (Lipinski definition) is 0. The molecule has 1 aliphatic rings. The van der Waals surface area contributed by atoms with E-state index in [1.165, 1.54) is 11.1 Å². The minimum absolute atomic E-state index is 0.412. The van der Waals surface area contributed by atoms with Gasteiger partial charge in [-0.2, -0.15) is 0 Å². The largest absolute Gasteiger partial charge is 0.0835 e. The normalized spacial score (nSPS) is 22.1. The molecule has 1 unspecified atom stereocenters. The zero-order valence-electron chi connectivity index (χ0n) is 9.51. The monoisotopic (exact) mass is 208 g/mol. The first kappa shape index (κ1) is 10.7. The van der Waals surface area contributed by atoms with E-state index in [1.54, 1.807) is 0 Å². The summed E-state index contributed by atoms with van der Waals surface area (Å²) in [5, 5.41) is 0. The molecule has 1 aliphatic carbocycles. The molecule has 0 spiro atoms. The lowest BCUT2D eigenvalue weighted by Crippen LogP contribution is -1.97. The highest BCUT2D eigenvalue weighted by atomic mass is 14.1. The van der Waals surface area contributed by atoms with Gasteiger partial charge >= 0.3 is 0 Å². The van der Waals surface area contributed by atoms with E-state index in [4.69, 9.17) is 0 Å². The highest BCUT2D eigenvalue weighted by Gasteiger charge is 2.05. The Morgan fingerprint density at radius 1 is 1.06 bits per heavy atom. The van der Waals surface area contributed by atoms with Crippen LogP contribution < -0.4 is 0 Å². The van der Waals surface area contributed by atoms with Crippen molar-refractivity contribution in [2.75, 3.05) is 0 Å². The Labute approximate surface area is 97.3 Å². The Morgan fingerprint density at radius 2 is 1.88 bits per heavy atom. The average molecular weight is 208 g/mol. The summed E-state index contributed by atoms with van der Waals surface area (Å²) in [6, 6.07) is 10.4. The summed E-state index contributed by atoms with van der Waals surface area (Å²) in [5.74, 6) is 0.412. The van der Waals surface area contributed by atoms with E-state index in [0.29, 0.717) is 5.92 Å². The summed E-state index contributed by atoms with van der Waals surface area (Å²) in [5.41, 5.74) is 2.61. The van der Waals surface area contributed by atoms with Crippen LogP contribution in [0.2, 0.25) is 0 Å². The third-order valence-corrected chi connectivity index (χ3v) is 2.73. The van der Waals surface area contributed by atoms with Gasteiger partial charge in [0.05, 0.1) is 0 Å². The lowest BCUT2D eigenvalue weighted by molar-refractivity contribution is 0.995. The van der Waals surface area contributed by atoms with Crippen molar-refractivity contribution in [2.24, 2.45) is 5.92 Å². The maximum absolute atomic E-state index is 2.24. The lowest BCUT2D eigenvalue weighted by Gasteiger charge is -2.12. The number of rotatable bonds is 2. The summed E-state index contributed by atoms with van der Waals surface area (Å²) in [6.45, 7) is 2.09. The van der Waals surface area contributed by atoms with Crippen molar-refractivity contribution < 1.29 is 0 Å². The molecule has 0 saturated carbocycles. The van der Waals surface area contributed by atoms with Crippen LogP contribution >= 0.6 is 0 Å². The van der Waals surface area contributed by atoms with Crippen molar-refractivity contribution in [1.82, 2.24) is 0 Å². The molecule has 0 heteroatoms. The quantitative estimate of drug-likeness (QED) is 0.676. The first-order valence-electron chi connectivity index (χ1n) is 5.64. The van der Waals surface area contributed by atoms with Gasteiger partial charge in [0.1, 0.15) is 0 Å². The molecule has 0 aliphatic heterocycles. The Balaban J connectivity index is 2.13. The Kier molecular flexibility index (Phi) is 3.55. The van der Waals surface area contributed by atoms with Crippen LogP contribution in [0.25, 0.3) is 6.08 Å². The molecule has 0 aromatic heterocycles. The van der Waals surface area contributed by atoms with Gasteiger partial charge in [-0.1, -0.05) is 72.9 Å². The van der Waals surface area contributed by atoms with E-state index in [0.717, 1.165) is 0 Å². The molecule has 0 radical (unpaired) electrons. The standard InChI is InChI=1S/C16H16/c1-2-15-10-6-7-11-16(15)13-12-14-8-4-3-5-9-14/h2-13,16H,1H3. The van der Waals surface area contributed by atoms with Gasteiger partial charge in [0.2, 0.25) is 0 Å². The second-order valence-electron chi connectivity index (χ2n) is 3.83. The SMILES string of the molecule is CC=C1C=CC=CC1C=Cc1ccccc1. The van der Waals surface area contributed by atoms with Gasteiger partial charge < -0.3 is 0 Å². The minimum Gasteiger partial charge on any atom is -0.0835 e. The van der Waals surface area contributed by atoms with Gasteiger partial charge in [-0.15, -0.1) is 0 Å². The fourth-order valence-electron chi connectivity index (χ4n) is 1.82. The fourth-order valence-corrected chi connectivity index (χ4v) is 1.82. The third kappa shape index (κ3) is 2.60. The van der Waals surface area contributed by atoms with Crippen molar-refractivity contribution >= 4 is 6.08 Å². The smallest absolute Gasteiger partial charge is 0.0201 e. The molecule has 0 fully saturated rings. The third-order valence-electron chi connectivity index (χ3n) is 2.73. The molecule has 1 aromatic carbocycles. The number of benzene rings is 1.